The lowest BCUT2D eigenvalue weighted by atomic mass is 10.1. The largest absolute Gasteiger partial charge is 0.407 e. The minimum atomic E-state index is -3.23. The van der Waals surface area contributed by atoms with E-state index < -0.39 is 9.84 Å². The van der Waals surface area contributed by atoms with Gasteiger partial charge in [0, 0.05) is 6.26 Å². The van der Waals surface area contributed by atoms with E-state index in [9.17, 15) is 13.2 Å². The molecule has 0 fully saturated rings. The molecule has 3 rings (SSSR count). The second kappa shape index (κ2) is 6.95. The zero-order chi connectivity index (χ0) is 18.0. The molecule has 130 valence electrons. The Kier molecular flexibility index (Phi) is 4.89. The zero-order valence-corrected chi connectivity index (χ0v) is 15.3. The standard InChI is InChI=1S/C15H12ClN3O4S2/c1-25(21,22)10-4-2-9(3-5-10)8-13-18-19-15(23-13)17-14(20)11-6-7-12(16)24-11/h2-7H,8H2,1H3,(H,17,19,20). The summed E-state index contributed by atoms with van der Waals surface area (Å²) in [6.45, 7) is 0. The summed E-state index contributed by atoms with van der Waals surface area (Å²) in [5, 5.41) is 10.1. The molecule has 1 aromatic carbocycles. The van der Waals surface area contributed by atoms with Gasteiger partial charge in [0.1, 0.15) is 0 Å². The fraction of sp³-hybridized carbons (Fsp3) is 0.133. The SMILES string of the molecule is CS(=O)(=O)c1ccc(Cc2nnc(NC(=O)c3ccc(Cl)s3)o2)cc1. The van der Waals surface area contributed by atoms with Crippen LogP contribution in [0.5, 0.6) is 0 Å². The molecule has 0 bridgehead atoms. The van der Waals surface area contributed by atoms with Crippen molar-refractivity contribution in [3.63, 3.8) is 0 Å². The zero-order valence-electron chi connectivity index (χ0n) is 12.9. The van der Waals surface area contributed by atoms with Crippen LogP contribution in [-0.2, 0) is 16.3 Å². The van der Waals surface area contributed by atoms with Gasteiger partial charge in [0.15, 0.2) is 9.84 Å². The second-order valence-electron chi connectivity index (χ2n) is 5.15. The first-order valence-electron chi connectivity index (χ1n) is 6.99. The minimum absolute atomic E-state index is 0.0164. The predicted molar refractivity (Wildman–Crippen MR) is 93.9 cm³/mol. The molecule has 1 N–H and O–H groups in total. The fourth-order valence-corrected chi connectivity index (χ4v) is 3.57. The maximum absolute atomic E-state index is 12.0. The van der Waals surface area contributed by atoms with Crippen molar-refractivity contribution in [2.24, 2.45) is 0 Å². The fourth-order valence-electron chi connectivity index (χ4n) is 2.00. The van der Waals surface area contributed by atoms with E-state index in [1.807, 2.05) is 0 Å². The van der Waals surface area contributed by atoms with Gasteiger partial charge in [0.2, 0.25) is 5.89 Å². The summed E-state index contributed by atoms with van der Waals surface area (Å²) in [4.78, 5) is 12.7. The Hall–Kier alpha value is -2.23. The van der Waals surface area contributed by atoms with E-state index in [1.165, 1.54) is 12.1 Å². The van der Waals surface area contributed by atoms with Crippen molar-refractivity contribution < 1.29 is 17.6 Å². The highest BCUT2D eigenvalue weighted by molar-refractivity contribution is 7.90. The van der Waals surface area contributed by atoms with Crippen LogP contribution in [-0.4, -0.2) is 30.8 Å². The van der Waals surface area contributed by atoms with Gasteiger partial charge in [-0.1, -0.05) is 28.8 Å². The van der Waals surface area contributed by atoms with E-state index in [0.717, 1.165) is 23.2 Å². The molecule has 0 aliphatic carbocycles. The smallest absolute Gasteiger partial charge is 0.322 e. The number of sulfone groups is 1. The van der Waals surface area contributed by atoms with Crippen LogP contribution in [0.4, 0.5) is 6.01 Å². The van der Waals surface area contributed by atoms with Crippen LogP contribution in [0.2, 0.25) is 4.34 Å². The van der Waals surface area contributed by atoms with Gasteiger partial charge in [-0.3, -0.25) is 10.1 Å². The Morgan fingerprint density at radius 3 is 2.52 bits per heavy atom. The van der Waals surface area contributed by atoms with E-state index in [1.54, 1.807) is 24.3 Å². The number of nitrogens with one attached hydrogen (secondary N) is 1. The number of amides is 1. The Morgan fingerprint density at radius 2 is 1.92 bits per heavy atom. The number of aromatic nitrogens is 2. The second-order valence-corrected chi connectivity index (χ2v) is 8.88. The van der Waals surface area contributed by atoms with E-state index in [0.29, 0.717) is 21.5 Å². The van der Waals surface area contributed by atoms with Crippen LogP contribution in [0.3, 0.4) is 0 Å². The maximum atomic E-state index is 12.0. The molecule has 3 aromatic rings. The summed E-state index contributed by atoms with van der Waals surface area (Å²) >= 11 is 6.93. The molecule has 2 heterocycles. The molecule has 2 aromatic heterocycles. The first kappa shape index (κ1) is 17.6. The number of thiophene rings is 1. The lowest BCUT2D eigenvalue weighted by molar-refractivity contribution is 0.102. The normalized spacial score (nSPS) is 11.4. The third kappa shape index (κ3) is 4.44. The van der Waals surface area contributed by atoms with Crippen molar-refractivity contribution in [3.05, 3.63) is 57.1 Å². The summed E-state index contributed by atoms with van der Waals surface area (Å²) in [6, 6.07) is 9.59. The van der Waals surface area contributed by atoms with Crippen molar-refractivity contribution in [3.8, 4) is 0 Å². The maximum Gasteiger partial charge on any atom is 0.322 e. The molecule has 10 heteroatoms. The molecule has 1 amide bonds. The number of rotatable bonds is 5. The molecule has 0 saturated heterocycles. The van der Waals surface area contributed by atoms with Crippen molar-refractivity contribution in [1.29, 1.82) is 0 Å². The first-order chi connectivity index (χ1) is 11.8. The number of benzene rings is 1. The summed E-state index contributed by atoms with van der Waals surface area (Å²) in [7, 11) is -3.23. The van der Waals surface area contributed by atoms with Gasteiger partial charge in [-0.05, 0) is 29.8 Å². The average Bonchev–Trinajstić information content (AvgIpc) is 3.16. The van der Waals surface area contributed by atoms with Gasteiger partial charge in [-0.2, -0.15) is 0 Å². The van der Waals surface area contributed by atoms with E-state index in [2.05, 4.69) is 15.5 Å². The van der Waals surface area contributed by atoms with E-state index in [4.69, 9.17) is 16.0 Å². The summed E-state index contributed by atoms with van der Waals surface area (Å²) in [6.07, 6.45) is 1.47. The lowest BCUT2D eigenvalue weighted by Crippen LogP contribution is -2.10. The van der Waals surface area contributed by atoms with Crippen LogP contribution < -0.4 is 5.32 Å². The highest BCUT2D eigenvalue weighted by Crippen LogP contribution is 2.22. The molecule has 0 saturated carbocycles. The topological polar surface area (TPSA) is 102 Å². The van der Waals surface area contributed by atoms with Crippen molar-refractivity contribution in [1.82, 2.24) is 10.2 Å². The highest BCUT2D eigenvalue weighted by atomic mass is 35.5. The van der Waals surface area contributed by atoms with Gasteiger partial charge in [-0.15, -0.1) is 16.4 Å². The predicted octanol–water partition coefficient (Wildman–Crippen LogP) is 3.03. The number of carbonyl (C=O) groups excluding carboxylic acids is 1. The van der Waals surface area contributed by atoms with Crippen LogP contribution in [0, 0.1) is 0 Å². The third-order valence-corrected chi connectivity index (χ3v) is 5.55. The lowest BCUT2D eigenvalue weighted by Gasteiger charge is -2.00. The first-order valence-corrected chi connectivity index (χ1v) is 10.1. The van der Waals surface area contributed by atoms with Crippen LogP contribution in [0.25, 0.3) is 0 Å². The van der Waals surface area contributed by atoms with Crippen LogP contribution >= 0.6 is 22.9 Å². The van der Waals surface area contributed by atoms with Gasteiger partial charge in [-0.25, -0.2) is 8.42 Å². The molecule has 0 aliphatic heterocycles. The van der Waals surface area contributed by atoms with Gasteiger partial charge < -0.3 is 4.42 Å². The van der Waals surface area contributed by atoms with E-state index >= 15 is 0 Å². The summed E-state index contributed by atoms with van der Waals surface area (Å²) in [5.74, 6) is -0.0868. The number of anilines is 1. The van der Waals surface area contributed by atoms with Crippen molar-refractivity contribution in [2.45, 2.75) is 11.3 Å². The number of carbonyl (C=O) groups is 1. The van der Waals surface area contributed by atoms with E-state index in [-0.39, 0.29) is 16.8 Å². The molecular formula is C15H12ClN3O4S2. The van der Waals surface area contributed by atoms with Gasteiger partial charge >= 0.3 is 6.01 Å². The molecule has 0 unspecified atom stereocenters. The van der Waals surface area contributed by atoms with Gasteiger partial charge in [0.05, 0.1) is 20.5 Å². The quantitative estimate of drug-likeness (QED) is 0.709. The van der Waals surface area contributed by atoms with Crippen LogP contribution in [0.1, 0.15) is 21.1 Å². The molecule has 0 atom stereocenters. The Morgan fingerprint density at radius 1 is 1.20 bits per heavy atom. The third-order valence-electron chi connectivity index (χ3n) is 3.19. The van der Waals surface area contributed by atoms with Gasteiger partial charge in [0.25, 0.3) is 5.91 Å². The number of hydrogen-bond acceptors (Lipinski definition) is 7. The Balaban J connectivity index is 1.66. The molecular weight excluding hydrogens is 386 g/mol. The average molecular weight is 398 g/mol. The van der Waals surface area contributed by atoms with Crippen molar-refractivity contribution >= 4 is 44.7 Å². The van der Waals surface area contributed by atoms with Crippen LogP contribution in [0.15, 0.2) is 45.7 Å². The number of halogens is 1. The Labute approximate surface area is 152 Å². The summed E-state index contributed by atoms with van der Waals surface area (Å²) in [5.41, 5.74) is 0.805. The number of nitrogens with zero attached hydrogens (tertiary/aromatic N) is 2. The molecule has 25 heavy (non-hydrogen) atoms. The molecule has 0 spiro atoms. The molecule has 0 radical (unpaired) electrons. The monoisotopic (exact) mass is 397 g/mol. The van der Waals surface area contributed by atoms with Crippen molar-refractivity contribution in [2.75, 3.05) is 11.6 Å². The Bertz CT molecular complexity index is 1010. The highest BCUT2D eigenvalue weighted by Gasteiger charge is 2.14. The minimum Gasteiger partial charge on any atom is -0.407 e. The number of hydrogen-bond donors (Lipinski definition) is 1. The molecule has 7 nitrogen and oxygen atoms in total. The summed E-state index contributed by atoms with van der Waals surface area (Å²) < 4.78 is 28.8. The molecule has 0 aliphatic rings.